The molecule has 0 spiro atoms. The second-order valence-electron chi connectivity index (χ2n) is 6.91. The van der Waals surface area contributed by atoms with Gasteiger partial charge in [0.25, 0.3) is 11.5 Å². The summed E-state index contributed by atoms with van der Waals surface area (Å²) < 4.78 is 1.37. The Morgan fingerprint density at radius 2 is 1.70 bits per heavy atom. The highest BCUT2D eigenvalue weighted by atomic mass is 32.1. The van der Waals surface area contributed by atoms with Gasteiger partial charge in [0, 0.05) is 17.7 Å². The first-order chi connectivity index (χ1) is 14.6. The predicted molar refractivity (Wildman–Crippen MR) is 116 cm³/mol. The molecule has 1 amide bonds. The van der Waals surface area contributed by atoms with Crippen LogP contribution >= 0.6 is 11.3 Å². The summed E-state index contributed by atoms with van der Waals surface area (Å²) in [5.74, 6) is -0.215. The highest BCUT2D eigenvalue weighted by molar-refractivity contribution is 7.15. The quantitative estimate of drug-likeness (QED) is 0.509. The third-order valence-electron chi connectivity index (χ3n) is 5.01. The van der Waals surface area contributed by atoms with Crippen LogP contribution in [0.2, 0.25) is 0 Å². The van der Waals surface area contributed by atoms with Crippen LogP contribution in [0.4, 0.5) is 5.69 Å². The number of carbonyl (C=O) groups excluding carboxylic acids is 1. The van der Waals surface area contributed by atoms with Gasteiger partial charge in [-0.2, -0.15) is 14.6 Å². The second kappa shape index (κ2) is 7.00. The molecule has 30 heavy (non-hydrogen) atoms. The molecule has 1 aliphatic rings. The summed E-state index contributed by atoms with van der Waals surface area (Å²) in [5, 5.41) is 4.27. The number of hydrogen-bond acceptors (Lipinski definition) is 6. The lowest BCUT2D eigenvalue weighted by molar-refractivity contribution is -0.113. The van der Waals surface area contributed by atoms with Crippen LogP contribution in [0.5, 0.6) is 0 Å². The molecule has 0 saturated heterocycles. The van der Waals surface area contributed by atoms with Gasteiger partial charge in [0.2, 0.25) is 4.96 Å². The maximum Gasteiger partial charge on any atom is 0.300 e. The summed E-state index contributed by atoms with van der Waals surface area (Å²) in [4.78, 5) is 44.8. The van der Waals surface area contributed by atoms with E-state index in [1.165, 1.54) is 0 Å². The van der Waals surface area contributed by atoms with E-state index in [9.17, 15) is 14.4 Å². The van der Waals surface area contributed by atoms with Gasteiger partial charge in [-0.3, -0.25) is 14.4 Å². The minimum absolute atomic E-state index is 0.102. The van der Waals surface area contributed by atoms with Gasteiger partial charge in [0.15, 0.2) is 5.69 Å². The normalized spacial score (nSPS) is 15.1. The minimum atomic E-state index is -0.509. The Balaban J connectivity index is 1.81. The fraction of sp³-hybridized carbons (Fsp3) is 0.136. The number of thiazole rings is 1. The molecule has 4 aromatic rings. The fourth-order valence-electron chi connectivity index (χ4n) is 3.68. The maximum atomic E-state index is 13.2. The molecule has 0 atom stereocenters. The maximum absolute atomic E-state index is 13.2. The van der Waals surface area contributed by atoms with Crippen molar-refractivity contribution in [2.75, 3.05) is 11.4 Å². The van der Waals surface area contributed by atoms with E-state index < -0.39 is 11.1 Å². The zero-order chi connectivity index (χ0) is 20.8. The van der Waals surface area contributed by atoms with Crippen molar-refractivity contribution in [1.82, 2.24) is 14.6 Å². The molecule has 0 aliphatic carbocycles. The SMILES string of the molecule is CCCN1C(=O)C(=c2sc3nc(=O)c(-c4ccccc4)nn3c2=O)c2ccccc21. The number of aromatic nitrogens is 3. The van der Waals surface area contributed by atoms with Gasteiger partial charge in [-0.25, -0.2) is 0 Å². The first-order valence-electron chi connectivity index (χ1n) is 9.55. The third-order valence-corrected chi connectivity index (χ3v) is 6.04. The first-order valence-corrected chi connectivity index (χ1v) is 10.4. The molecule has 7 nitrogen and oxygen atoms in total. The van der Waals surface area contributed by atoms with Gasteiger partial charge >= 0.3 is 5.56 Å². The molecular formula is C22H16N4O3S. The van der Waals surface area contributed by atoms with Crippen LogP contribution < -0.4 is 20.6 Å². The van der Waals surface area contributed by atoms with Crippen LogP contribution in [-0.4, -0.2) is 27.0 Å². The number of anilines is 1. The van der Waals surface area contributed by atoms with Crippen LogP contribution in [0.3, 0.4) is 0 Å². The van der Waals surface area contributed by atoms with Crippen molar-refractivity contribution in [3.8, 4) is 11.3 Å². The predicted octanol–water partition coefficient (Wildman–Crippen LogP) is 1.85. The smallest absolute Gasteiger partial charge is 0.300 e. The summed E-state index contributed by atoms with van der Waals surface area (Å²) >= 11 is 1.02. The second-order valence-corrected chi connectivity index (χ2v) is 7.89. The van der Waals surface area contributed by atoms with E-state index in [2.05, 4.69) is 10.1 Å². The van der Waals surface area contributed by atoms with E-state index in [-0.39, 0.29) is 21.1 Å². The summed E-state index contributed by atoms with van der Waals surface area (Å²) in [6.45, 7) is 2.56. The summed E-state index contributed by atoms with van der Waals surface area (Å²) in [7, 11) is 0. The number of hydrogen-bond donors (Lipinski definition) is 0. The first kappa shape index (κ1) is 18.4. The number of carbonyl (C=O) groups is 1. The van der Waals surface area contributed by atoms with Crippen LogP contribution in [-0.2, 0) is 4.79 Å². The molecule has 8 heteroatoms. The Morgan fingerprint density at radius 1 is 0.967 bits per heavy atom. The molecule has 2 aromatic heterocycles. The van der Waals surface area contributed by atoms with Crippen molar-refractivity contribution in [2.45, 2.75) is 13.3 Å². The molecule has 5 rings (SSSR count). The molecule has 3 heterocycles. The lowest BCUT2D eigenvalue weighted by atomic mass is 10.1. The largest absolute Gasteiger partial charge is 0.308 e. The van der Waals surface area contributed by atoms with Crippen molar-refractivity contribution < 1.29 is 4.79 Å². The lowest BCUT2D eigenvalue weighted by Gasteiger charge is -2.15. The van der Waals surface area contributed by atoms with Gasteiger partial charge in [-0.05, 0) is 12.5 Å². The molecule has 0 N–H and O–H groups in total. The van der Waals surface area contributed by atoms with E-state index in [0.29, 0.717) is 23.2 Å². The van der Waals surface area contributed by atoms with Gasteiger partial charge in [0.1, 0.15) is 4.53 Å². The Morgan fingerprint density at radius 3 is 2.47 bits per heavy atom. The molecule has 0 radical (unpaired) electrons. The van der Waals surface area contributed by atoms with E-state index in [4.69, 9.17) is 0 Å². The number of benzene rings is 2. The van der Waals surface area contributed by atoms with Crippen molar-refractivity contribution in [3.05, 3.63) is 85.4 Å². The van der Waals surface area contributed by atoms with E-state index in [1.54, 1.807) is 29.2 Å². The van der Waals surface area contributed by atoms with Gasteiger partial charge in [-0.15, -0.1) is 0 Å². The van der Waals surface area contributed by atoms with Crippen LogP contribution in [0.15, 0.2) is 64.2 Å². The molecule has 148 valence electrons. The number of amides is 1. The van der Waals surface area contributed by atoms with Crippen LogP contribution in [0.1, 0.15) is 18.9 Å². The van der Waals surface area contributed by atoms with Crippen molar-refractivity contribution in [2.24, 2.45) is 0 Å². The average Bonchev–Trinajstić information content (AvgIpc) is 3.22. The average molecular weight is 416 g/mol. The topological polar surface area (TPSA) is 84.6 Å². The molecule has 0 unspecified atom stereocenters. The standard InChI is InChI=1S/C22H16N4O3S/c1-2-12-25-15-11-7-6-10-14(15)16(20(25)28)18-21(29)26-22(30-18)23-19(27)17(24-26)13-8-4-3-5-9-13/h3-11H,2,12H2,1H3. The monoisotopic (exact) mass is 416 g/mol. The summed E-state index contributed by atoms with van der Waals surface area (Å²) in [6.07, 6.45) is 0.793. The lowest BCUT2D eigenvalue weighted by Crippen LogP contribution is -2.33. The number of nitrogens with zero attached hydrogens (tertiary/aromatic N) is 4. The summed E-state index contributed by atoms with van der Waals surface area (Å²) in [5.41, 5.74) is 1.57. The Hall–Kier alpha value is -3.65. The van der Waals surface area contributed by atoms with Gasteiger partial charge < -0.3 is 4.90 Å². The molecule has 0 bridgehead atoms. The minimum Gasteiger partial charge on any atom is -0.308 e. The van der Waals surface area contributed by atoms with Crippen molar-refractivity contribution in [1.29, 1.82) is 0 Å². The van der Waals surface area contributed by atoms with Crippen LogP contribution in [0.25, 0.3) is 21.8 Å². The van der Waals surface area contributed by atoms with E-state index >= 15 is 0 Å². The van der Waals surface area contributed by atoms with Crippen molar-refractivity contribution >= 4 is 33.5 Å². The highest BCUT2D eigenvalue weighted by Gasteiger charge is 2.33. The summed E-state index contributed by atoms with van der Waals surface area (Å²) in [6, 6.07) is 16.3. The molecule has 1 aliphatic heterocycles. The Labute approximate surface area is 174 Å². The number of rotatable bonds is 3. The zero-order valence-electron chi connectivity index (χ0n) is 16.0. The van der Waals surface area contributed by atoms with E-state index in [0.717, 1.165) is 28.0 Å². The fourth-order valence-corrected chi connectivity index (χ4v) is 4.68. The molecule has 0 fully saturated rings. The molecule has 2 aromatic carbocycles. The third kappa shape index (κ3) is 2.68. The van der Waals surface area contributed by atoms with Gasteiger partial charge in [0.05, 0.1) is 11.3 Å². The number of para-hydroxylation sites is 1. The van der Waals surface area contributed by atoms with Gasteiger partial charge in [-0.1, -0.05) is 66.8 Å². The highest BCUT2D eigenvalue weighted by Crippen LogP contribution is 2.35. The molecule has 0 saturated carbocycles. The van der Waals surface area contributed by atoms with Crippen molar-refractivity contribution in [3.63, 3.8) is 0 Å². The molecular weight excluding hydrogens is 400 g/mol. The van der Waals surface area contributed by atoms with Crippen LogP contribution in [0, 0.1) is 0 Å². The van der Waals surface area contributed by atoms with E-state index in [1.807, 2.05) is 37.3 Å². The Kier molecular flexibility index (Phi) is 4.29. The number of fused-ring (bicyclic) bond motifs is 2. The Bertz CT molecular complexity index is 1470. The zero-order valence-corrected chi connectivity index (χ0v) is 16.8.